The van der Waals surface area contributed by atoms with Gasteiger partial charge in [-0.15, -0.1) is 0 Å². The maximum absolute atomic E-state index is 12.9. The first-order valence-electron chi connectivity index (χ1n) is 9.60. The Labute approximate surface area is 166 Å². The minimum Gasteiger partial charge on any atom is -0.309 e. The summed E-state index contributed by atoms with van der Waals surface area (Å²) in [7, 11) is -3.63. The molecule has 6 nitrogen and oxygen atoms in total. The number of hydrogen-bond donors (Lipinski definition) is 2. The van der Waals surface area contributed by atoms with Crippen LogP contribution < -0.4 is 14.9 Å². The highest BCUT2D eigenvalue weighted by Gasteiger charge is 2.30. The zero-order valence-electron chi connectivity index (χ0n) is 16.1. The van der Waals surface area contributed by atoms with Crippen molar-refractivity contribution >= 4 is 21.6 Å². The third-order valence-electron chi connectivity index (χ3n) is 5.61. The van der Waals surface area contributed by atoms with E-state index in [0.29, 0.717) is 13.0 Å². The van der Waals surface area contributed by atoms with Gasteiger partial charge in [0.15, 0.2) is 0 Å². The lowest BCUT2D eigenvalue weighted by atomic mass is 9.95. The third kappa shape index (κ3) is 3.45. The predicted octanol–water partition coefficient (Wildman–Crippen LogP) is 2.15. The van der Waals surface area contributed by atoms with Crippen molar-refractivity contribution in [1.29, 1.82) is 0 Å². The fourth-order valence-electron chi connectivity index (χ4n) is 4.31. The smallest absolute Gasteiger partial charge is 0.240 e. The normalized spacial score (nSPS) is 21.3. The summed E-state index contributed by atoms with van der Waals surface area (Å²) in [5, 5.41) is 3.39. The average Bonchev–Trinajstić information content (AvgIpc) is 3.01. The number of amides is 1. The number of fused-ring (bicyclic) bond motifs is 2. The van der Waals surface area contributed by atoms with E-state index >= 15 is 0 Å². The van der Waals surface area contributed by atoms with Crippen LogP contribution in [-0.2, 0) is 27.7 Å². The van der Waals surface area contributed by atoms with Gasteiger partial charge in [0.25, 0.3) is 0 Å². The summed E-state index contributed by atoms with van der Waals surface area (Å²) in [5.74, 6) is -0.0259. The first kappa shape index (κ1) is 19.1. The number of benzene rings is 2. The van der Waals surface area contributed by atoms with E-state index in [1.807, 2.05) is 25.1 Å². The SMILES string of the molecule is CC(=O)N1c2ccc(S(=O)(=O)NCC3NCCc4ccccc43)cc2CC1C. The highest BCUT2D eigenvalue weighted by Crippen LogP contribution is 2.34. The Hall–Kier alpha value is -2.22. The summed E-state index contributed by atoms with van der Waals surface area (Å²) < 4.78 is 28.5. The zero-order valence-corrected chi connectivity index (χ0v) is 16.9. The molecule has 0 aromatic heterocycles. The molecule has 148 valence electrons. The molecule has 2 heterocycles. The van der Waals surface area contributed by atoms with Gasteiger partial charge in [0.2, 0.25) is 15.9 Å². The van der Waals surface area contributed by atoms with E-state index in [2.05, 4.69) is 16.1 Å². The van der Waals surface area contributed by atoms with E-state index in [-0.39, 0.29) is 22.9 Å². The van der Waals surface area contributed by atoms with Gasteiger partial charge in [-0.05, 0) is 61.2 Å². The van der Waals surface area contributed by atoms with Crippen LogP contribution in [0.15, 0.2) is 47.4 Å². The van der Waals surface area contributed by atoms with E-state index in [4.69, 9.17) is 0 Å². The van der Waals surface area contributed by atoms with Crippen LogP contribution >= 0.6 is 0 Å². The average molecular weight is 400 g/mol. The number of nitrogens with one attached hydrogen (secondary N) is 2. The standard InChI is InChI=1S/C21H25N3O3S/c1-14-11-17-12-18(7-8-21(17)24(14)15(2)25)28(26,27)23-13-20-19-6-4-3-5-16(19)9-10-22-20/h3-8,12,14,20,22-23H,9-11,13H2,1-2H3. The highest BCUT2D eigenvalue weighted by atomic mass is 32.2. The number of nitrogens with zero attached hydrogens (tertiary/aromatic N) is 1. The van der Waals surface area contributed by atoms with Crippen LogP contribution in [0.3, 0.4) is 0 Å². The number of hydrogen-bond acceptors (Lipinski definition) is 4. The van der Waals surface area contributed by atoms with Crippen LogP contribution in [0.2, 0.25) is 0 Å². The molecular formula is C21H25N3O3S. The van der Waals surface area contributed by atoms with Crippen molar-refractivity contribution in [3.63, 3.8) is 0 Å². The zero-order chi connectivity index (χ0) is 19.9. The molecule has 4 rings (SSSR count). The molecule has 1 amide bonds. The summed E-state index contributed by atoms with van der Waals surface area (Å²) in [4.78, 5) is 13.8. The molecule has 0 saturated heterocycles. The molecule has 2 aromatic rings. The largest absolute Gasteiger partial charge is 0.309 e. The van der Waals surface area contributed by atoms with Crippen molar-refractivity contribution in [1.82, 2.24) is 10.0 Å². The molecule has 2 atom stereocenters. The minimum atomic E-state index is -3.63. The van der Waals surface area contributed by atoms with Gasteiger partial charge in [0.1, 0.15) is 0 Å². The number of carbonyl (C=O) groups is 1. The monoisotopic (exact) mass is 399 g/mol. The lowest BCUT2D eigenvalue weighted by Gasteiger charge is -2.27. The number of sulfonamides is 1. The van der Waals surface area contributed by atoms with E-state index in [1.165, 1.54) is 12.5 Å². The van der Waals surface area contributed by atoms with Gasteiger partial charge in [-0.25, -0.2) is 13.1 Å². The lowest BCUT2D eigenvalue weighted by molar-refractivity contribution is -0.116. The number of anilines is 1. The molecular weight excluding hydrogens is 374 g/mol. The summed E-state index contributed by atoms with van der Waals surface area (Å²) in [6.07, 6.45) is 1.62. The number of carbonyl (C=O) groups excluding carboxylic acids is 1. The quantitative estimate of drug-likeness (QED) is 0.826. The molecule has 2 aromatic carbocycles. The molecule has 2 aliphatic rings. The van der Waals surface area contributed by atoms with Gasteiger partial charge >= 0.3 is 0 Å². The van der Waals surface area contributed by atoms with Crippen molar-refractivity contribution in [3.8, 4) is 0 Å². The van der Waals surface area contributed by atoms with Gasteiger partial charge in [-0.2, -0.15) is 0 Å². The summed E-state index contributed by atoms with van der Waals surface area (Å²) >= 11 is 0. The minimum absolute atomic E-state index is 0.0259. The van der Waals surface area contributed by atoms with Crippen LogP contribution in [0.4, 0.5) is 5.69 Å². The Morgan fingerprint density at radius 1 is 1.21 bits per heavy atom. The predicted molar refractivity (Wildman–Crippen MR) is 109 cm³/mol. The molecule has 0 bridgehead atoms. The third-order valence-corrected chi connectivity index (χ3v) is 7.03. The van der Waals surface area contributed by atoms with Crippen LogP contribution in [0.25, 0.3) is 0 Å². The van der Waals surface area contributed by atoms with Crippen LogP contribution in [0.1, 0.15) is 36.6 Å². The molecule has 28 heavy (non-hydrogen) atoms. The molecule has 7 heteroatoms. The Morgan fingerprint density at radius 2 is 2.00 bits per heavy atom. The van der Waals surface area contributed by atoms with Crippen molar-refractivity contribution < 1.29 is 13.2 Å². The second-order valence-corrected chi connectivity index (χ2v) is 9.31. The van der Waals surface area contributed by atoms with Crippen LogP contribution in [-0.4, -0.2) is 33.5 Å². The second-order valence-electron chi connectivity index (χ2n) is 7.54. The van der Waals surface area contributed by atoms with Crippen molar-refractivity contribution in [3.05, 3.63) is 59.2 Å². The van der Waals surface area contributed by atoms with Gasteiger partial charge in [0, 0.05) is 31.2 Å². The molecule has 0 fully saturated rings. The Balaban J connectivity index is 1.53. The summed E-state index contributed by atoms with van der Waals surface area (Å²) in [5.41, 5.74) is 4.12. The Bertz CT molecular complexity index is 1020. The summed E-state index contributed by atoms with van der Waals surface area (Å²) in [6.45, 7) is 4.64. The first-order chi connectivity index (χ1) is 13.4. The van der Waals surface area contributed by atoms with E-state index in [1.54, 1.807) is 23.1 Å². The second kappa shape index (κ2) is 7.31. The maximum Gasteiger partial charge on any atom is 0.240 e. The fourth-order valence-corrected chi connectivity index (χ4v) is 5.40. The molecule has 0 radical (unpaired) electrons. The van der Waals surface area contributed by atoms with Crippen LogP contribution in [0.5, 0.6) is 0 Å². The molecule has 2 aliphatic heterocycles. The number of rotatable bonds is 4. The van der Waals surface area contributed by atoms with Crippen molar-refractivity contribution in [2.24, 2.45) is 0 Å². The fraction of sp³-hybridized carbons (Fsp3) is 0.381. The van der Waals surface area contributed by atoms with Gasteiger partial charge in [-0.3, -0.25) is 4.79 Å². The molecule has 2 N–H and O–H groups in total. The van der Waals surface area contributed by atoms with Crippen molar-refractivity contribution in [2.75, 3.05) is 18.0 Å². The van der Waals surface area contributed by atoms with E-state index in [0.717, 1.165) is 29.8 Å². The molecule has 0 spiro atoms. The highest BCUT2D eigenvalue weighted by molar-refractivity contribution is 7.89. The van der Waals surface area contributed by atoms with E-state index < -0.39 is 10.0 Å². The van der Waals surface area contributed by atoms with E-state index in [9.17, 15) is 13.2 Å². The van der Waals surface area contributed by atoms with Gasteiger partial charge in [0.05, 0.1) is 4.90 Å². The van der Waals surface area contributed by atoms with Crippen molar-refractivity contribution in [2.45, 2.75) is 43.7 Å². The first-order valence-corrected chi connectivity index (χ1v) is 11.1. The Kier molecular flexibility index (Phi) is 4.99. The van der Waals surface area contributed by atoms with Gasteiger partial charge < -0.3 is 10.2 Å². The van der Waals surface area contributed by atoms with Gasteiger partial charge in [-0.1, -0.05) is 24.3 Å². The topological polar surface area (TPSA) is 78.5 Å². The molecule has 0 saturated carbocycles. The lowest BCUT2D eigenvalue weighted by Crippen LogP contribution is -2.38. The van der Waals surface area contributed by atoms with Crippen LogP contribution in [0, 0.1) is 0 Å². The molecule has 2 unspecified atom stereocenters. The Morgan fingerprint density at radius 3 is 2.79 bits per heavy atom. The summed E-state index contributed by atoms with van der Waals surface area (Å²) in [6, 6.07) is 13.2. The maximum atomic E-state index is 12.9. The molecule has 0 aliphatic carbocycles.